The fraction of sp³-hybridized carbons (Fsp3) is 0.621. The Labute approximate surface area is 235 Å². The first kappa shape index (κ1) is 26.4. The first-order valence-corrected chi connectivity index (χ1v) is 14.7. The second kappa shape index (κ2) is 10.1. The Kier molecular flexibility index (Phi) is 6.48. The zero-order valence-electron chi connectivity index (χ0n) is 22.8. The molecule has 1 saturated carbocycles. The minimum absolute atomic E-state index is 0.0905. The van der Waals surface area contributed by atoms with Gasteiger partial charge in [-0.2, -0.15) is 0 Å². The molecule has 1 aromatic heterocycles. The van der Waals surface area contributed by atoms with E-state index in [0.29, 0.717) is 25.0 Å². The number of fused-ring (bicyclic) bond motifs is 3. The van der Waals surface area contributed by atoms with Crippen molar-refractivity contribution < 1.29 is 37.6 Å². The number of nitrogens with zero attached hydrogens (tertiary/aromatic N) is 4. The van der Waals surface area contributed by atoms with Crippen LogP contribution in [-0.2, 0) is 23.9 Å². The van der Waals surface area contributed by atoms with Gasteiger partial charge in [0.1, 0.15) is 11.9 Å². The Bertz CT molecular complexity index is 1390. The quantitative estimate of drug-likeness (QED) is 0.395. The van der Waals surface area contributed by atoms with Crippen LogP contribution >= 0.6 is 0 Å². The molecule has 1 aliphatic carbocycles. The number of hydrogen-bond acceptors (Lipinski definition) is 9. The topological polar surface area (TPSA) is 122 Å². The first-order valence-electron chi connectivity index (χ1n) is 14.7. The van der Waals surface area contributed by atoms with E-state index in [0.717, 1.165) is 69.2 Å². The van der Waals surface area contributed by atoms with Gasteiger partial charge >= 0.3 is 29.7 Å². The van der Waals surface area contributed by atoms with Gasteiger partial charge in [-0.05, 0) is 75.6 Å². The highest BCUT2D eigenvalue weighted by molar-refractivity contribution is 6.32. The van der Waals surface area contributed by atoms with E-state index in [4.69, 9.17) is 14.0 Å². The lowest BCUT2D eigenvalue weighted by atomic mass is 9.78. The van der Waals surface area contributed by atoms with E-state index in [2.05, 4.69) is 10.1 Å². The summed E-state index contributed by atoms with van der Waals surface area (Å²) in [7, 11) is 0. The van der Waals surface area contributed by atoms with Crippen molar-refractivity contribution >= 4 is 34.8 Å². The highest BCUT2D eigenvalue weighted by Crippen LogP contribution is 2.42. The number of carbonyl (C=O) groups is 4. The molecule has 3 atom stereocenters. The molecule has 5 heterocycles. The number of ether oxygens (including phenoxy) is 2. The molecule has 0 N–H and O–H groups in total. The number of esters is 2. The summed E-state index contributed by atoms with van der Waals surface area (Å²) in [5.41, 5.74) is 1.36. The van der Waals surface area contributed by atoms with Gasteiger partial charge < -0.3 is 23.8 Å². The fourth-order valence-corrected chi connectivity index (χ4v) is 7.67. The summed E-state index contributed by atoms with van der Waals surface area (Å²) in [4.78, 5) is 56.3. The summed E-state index contributed by atoms with van der Waals surface area (Å²) in [5, 5.41) is 5.12. The largest absolute Gasteiger partial charge is 0.421 e. The Morgan fingerprint density at radius 2 is 1.59 bits per heavy atom. The molecule has 41 heavy (non-hydrogen) atoms. The van der Waals surface area contributed by atoms with Crippen molar-refractivity contribution in [1.29, 1.82) is 0 Å². The van der Waals surface area contributed by atoms with E-state index in [9.17, 15) is 23.6 Å². The van der Waals surface area contributed by atoms with Gasteiger partial charge in [-0.15, -0.1) is 0 Å². The molecule has 4 aliphatic heterocycles. The molecular formula is C29H33FN4O7. The number of hydrogen-bond donors (Lipinski definition) is 0. The average molecular weight is 569 g/mol. The van der Waals surface area contributed by atoms with E-state index < -0.39 is 35.7 Å². The molecule has 1 spiro atoms. The minimum atomic E-state index is -2.07. The second-order valence-corrected chi connectivity index (χ2v) is 12.1. The third kappa shape index (κ3) is 4.38. The Morgan fingerprint density at radius 3 is 2.32 bits per heavy atom. The Hall–Kier alpha value is -3.54. The summed E-state index contributed by atoms with van der Waals surface area (Å²) in [6.45, 7) is 3.26. The van der Waals surface area contributed by atoms with Crippen LogP contribution in [0.15, 0.2) is 22.7 Å². The highest BCUT2D eigenvalue weighted by Gasteiger charge is 2.68. The molecule has 5 aliphatic rings. The van der Waals surface area contributed by atoms with Gasteiger partial charge in [0, 0.05) is 37.0 Å². The smallest absolute Gasteiger partial charge is 0.403 e. The number of urea groups is 1. The van der Waals surface area contributed by atoms with Crippen LogP contribution in [0.1, 0.15) is 63.0 Å². The van der Waals surface area contributed by atoms with E-state index in [1.54, 1.807) is 6.07 Å². The third-order valence-electron chi connectivity index (χ3n) is 9.78. The molecule has 3 amide bonds. The third-order valence-corrected chi connectivity index (χ3v) is 9.78. The number of piperidine rings is 1. The van der Waals surface area contributed by atoms with Crippen LogP contribution in [0, 0.1) is 17.7 Å². The number of carbonyl (C=O) groups excluding carboxylic acids is 4. The van der Waals surface area contributed by atoms with Gasteiger partial charge in [0.25, 0.3) is 0 Å². The predicted molar refractivity (Wildman–Crippen MR) is 140 cm³/mol. The number of benzene rings is 1. The average Bonchev–Trinajstić information content (AvgIpc) is 3.70. The standard InChI is InChI=1S/C29H33FN4O7/c30-20-7-8-21-22(14-20)41-31-24(21)17-9-12-32(13-10-17)15-18-4-1-2-5-19(18)16-34-27(37)29(39-25(35)26(36)40-29)23-6-3-11-33(23)28(34)38/h7-8,14,17-19,23H,1-6,9-13,15-16H2. The molecule has 0 radical (unpaired) electrons. The van der Waals surface area contributed by atoms with Gasteiger partial charge in [0.2, 0.25) is 0 Å². The van der Waals surface area contributed by atoms with E-state index in [-0.39, 0.29) is 30.1 Å². The SMILES string of the molecule is O=C1OC2(OC1=O)C(=O)N(CC1CCCCC1CN1CCC(c3noc4cc(F)ccc34)CC1)C(=O)N1CCCC12. The fourth-order valence-electron chi connectivity index (χ4n) is 7.67. The van der Waals surface area contributed by atoms with E-state index in [1.807, 2.05) is 0 Å². The van der Waals surface area contributed by atoms with Crippen molar-refractivity contribution in [2.75, 3.05) is 32.7 Å². The van der Waals surface area contributed by atoms with Gasteiger partial charge in [0.05, 0.1) is 5.69 Å². The molecule has 11 nitrogen and oxygen atoms in total. The molecule has 4 saturated heterocycles. The van der Waals surface area contributed by atoms with Crippen molar-refractivity contribution in [1.82, 2.24) is 19.9 Å². The highest BCUT2D eigenvalue weighted by atomic mass is 19.1. The first-order chi connectivity index (χ1) is 19.8. The lowest BCUT2D eigenvalue weighted by Crippen LogP contribution is -2.70. The van der Waals surface area contributed by atoms with Crippen LogP contribution in [0.5, 0.6) is 0 Å². The lowest BCUT2D eigenvalue weighted by molar-refractivity contribution is -0.217. The van der Waals surface area contributed by atoms with Crippen molar-refractivity contribution in [3.63, 3.8) is 0 Å². The molecular weight excluding hydrogens is 535 g/mol. The van der Waals surface area contributed by atoms with Crippen molar-refractivity contribution in [3.8, 4) is 0 Å². The number of aromatic nitrogens is 1. The molecule has 12 heteroatoms. The molecule has 0 bridgehead atoms. The van der Waals surface area contributed by atoms with Crippen LogP contribution in [0.2, 0.25) is 0 Å². The number of likely N-dealkylation sites (tertiary alicyclic amines) is 1. The van der Waals surface area contributed by atoms with Crippen LogP contribution < -0.4 is 0 Å². The Balaban J connectivity index is 1.03. The molecule has 218 valence electrons. The lowest BCUT2D eigenvalue weighted by Gasteiger charge is -2.46. The van der Waals surface area contributed by atoms with Gasteiger partial charge in [0.15, 0.2) is 5.58 Å². The summed E-state index contributed by atoms with van der Waals surface area (Å²) >= 11 is 0. The molecule has 3 unspecified atom stereocenters. The van der Waals surface area contributed by atoms with Crippen molar-refractivity contribution in [3.05, 3.63) is 29.7 Å². The Morgan fingerprint density at radius 1 is 0.878 bits per heavy atom. The second-order valence-electron chi connectivity index (χ2n) is 12.1. The predicted octanol–water partition coefficient (Wildman–Crippen LogP) is 3.18. The van der Waals surface area contributed by atoms with E-state index in [1.165, 1.54) is 21.9 Å². The zero-order chi connectivity index (χ0) is 28.3. The number of imide groups is 1. The van der Waals surface area contributed by atoms with Crippen molar-refractivity contribution in [2.45, 2.75) is 69.1 Å². The molecule has 5 fully saturated rings. The van der Waals surface area contributed by atoms with Crippen LogP contribution in [0.4, 0.5) is 9.18 Å². The van der Waals surface area contributed by atoms with Crippen molar-refractivity contribution in [2.24, 2.45) is 11.8 Å². The molecule has 2 aromatic rings. The summed E-state index contributed by atoms with van der Waals surface area (Å²) in [6.07, 6.45) is 6.88. The van der Waals surface area contributed by atoms with E-state index >= 15 is 0 Å². The van der Waals surface area contributed by atoms with Gasteiger partial charge in [-0.3, -0.25) is 9.69 Å². The monoisotopic (exact) mass is 568 g/mol. The number of rotatable bonds is 5. The summed E-state index contributed by atoms with van der Waals surface area (Å²) < 4.78 is 29.5. The van der Waals surface area contributed by atoms with Gasteiger partial charge in [-0.25, -0.2) is 18.8 Å². The minimum Gasteiger partial charge on any atom is -0.403 e. The van der Waals surface area contributed by atoms with Crippen LogP contribution in [0.3, 0.4) is 0 Å². The maximum Gasteiger partial charge on any atom is 0.421 e. The maximum absolute atomic E-state index is 13.7. The normalized spacial score (nSPS) is 29.0. The molecule has 7 rings (SSSR count). The maximum atomic E-state index is 13.7. The number of amides is 3. The zero-order valence-corrected chi connectivity index (χ0v) is 22.8. The summed E-state index contributed by atoms with van der Waals surface area (Å²) in [6, 6.07) is 3.37. The number of halogens is 1. The van der Waals surface area contributed by atoms with Gasteiger partial charge in [-0.1, -0.05) is 18.0 Å². The molecule has 1 aromatic carbocycles. The summed E-state index contributed by atoms with van der Waals surface area (Å²) in [5.74, 6) is -4.91. The van der Waals surface area contributed by atoms with Crippen LogP contribution in [-0.4, -0.2) is 88.3 Å². The van der Waals surface area contributed by atoms with Crippen LogP contribution in [0.25, 0.3) is 11.0 Å².